The molecule has 0 aliphatic carbocycles. The van der Waals surface area contributed by atoms with Crippen molar-refractivity contribution in [2.24, 2.45) is 17.8 Å². The molecule has 2 heteroatoms. The molecule has 1 fully saturated rings. The average molecular weight is 197 g/mol. The Morgan fingerprint density at radius 2 is 1.50 bits per heavy atom. The lowest BCUT2D eigenvalue weighted by molar-refractivity contribution is -0.167. The Morgan fingerprint density at radius 1 is 1.00 bits per heavy atom. The first-order valence-electron chi connectivity index (χ1n) is 5.70. The summed E-state index contributed by atoms with van der Waals surface area (Å²) in [4.78, 5) is 13.9. The van der Waals surface area contributed by atoms with Crippen molar-refractivity contribution in [1.29, 1.82) is 0 Å². The highest BCUT2D eigenvalue weighted by Gasteiger charge is 2.50. The van der Waals surface area contributed by atoms with Crippen molar-refractivity contribution in [1.82, 2.24) is 4.90 Å². The van der Waals surface area contributed by atoms with Crippen LogP contribution in [-0.4, -0.2) is 22.9 Å². The lowest BCUT2D eigenvalue weighted by Crippen LogP contribution is -2.66. The summed E-state index contributed by atoms with van der Waals surface area (Å²) in [6.07, 6.45) is 0. The quantitative estimate of drug-likeness (QED) is 0.637. The fourth-order valence-corrected chi connectivity index (χ4v) is 2.57. The third kappa shape index (κ3) is 1.67. The molecule has 1 saturated heterocycles. The number of nitrogens with zero attached hydrogens (tertiary/aromatic N) is 1. The number of carbonyl (C=O) groups is 1. The van der Waals surface area contributed by atoms with E-state index in [1.165, 1.54) is 0 Å². The molecule has 0 spiro atoms. The van der Waals surface area contributed by atoms with Crippen LogP contribution in [0.2, 0.25) is 0 Å². The van der Waals surface area contributed by atoms with Gasteiger partial charge in [0.1, 0.15) is 0 Å². The van der Waals surface area contributed by atoms with Crippen molar-refractivity contribution < 1.29 is 4.79 Å². The highest BCUT2D eigenvalue weighted by atomic mass is 16.2. The molecule has 0 aromatic heterocycles. The molecule has 1 amide bonds. The van der Waals surface area contributed by atoms with Gasteiger partial charge in [0.15, 0.2) is 0 Å². The van der Waals surface area contributed by atoms with E-state index in [2.05, 4.69) is 46.4 Å². The third-order valence-corrected chi connectivity index (χ3v) is 3.19. The Kier molecular flexibility index (Phi) is 3.23. The summed E-state index contributed by atoms with van der Waals surface area (Å²) >= 11 is 0. The predicted octanol–water partition coefficient (Wildman–Crippen LogP) is 2.53. The van der Waals surface area contributed by atoms with Crippen LogP contribution in [0.3, 0.4) is 0 Å². The largest absolute Gasteiger partial charge is 0.336 e. The van der Waals surface area contributed by atoms with Gasteiger partial charge in [0, 0.05) is 12.1 Å². The minimum absolute atomic E-state index is 0.261. The molecule has 1 aliphatic rings. The first-order valence-corrected chi connectivity index (χ1v) is 5.70. The van der Waals surface area contributed by atoms with Crippen LogP contribution in [0.1, 0.15) is 41.5 Å². The summed E-state index contributed by atoms with van der Waals surface area (Å²) in [5.74, 6) is 1.67. The molecule has 0 N–H and O–H groups in total. The maximum Gasteiger partial charge on any atom is 0.228 e. The summed E-state index contributed by atoms with van der Waals surface area (Å²) < 4.78 is 0. The van der Waals surface area contributed by atoms with Crippen molar-refractivity contribution in [2.75, 3.05) is 0 Å². The topological polar surface area (TPSA) is 20.3 Å². The summed E-state index contributed by atoms with van der Waals surface area (Å²) in [5.41, 5.74) is 0. The standard InChI is InChI=1S/C12H23NO/c1-7(2)10-11(8(3)4)13(9(5)6)12(10)14/h7-11H,1-6H3. The molecule has 14 heavy (non-hydrogen) atoms. The van der Waals surface area contributed by atoms with Crippen LogP contribution in [0.4, 0.5) is 0 Å². The zero-order valence-electron chi connectivity index (χ0n) is 10.2. The van der Waals surface area contributed by atoms with Crippen molar-refractivity contribution in [3.05, 3.63) is 0 Å². The fourth-order valence-electron chi connectivity index (χ4n) is 2.57. The summed E-state index contributed by atoms with van der Waals surface area (Å²) in [6, 6.07) is 0.812. The molecule has 0 radical (unpaired) electrons. The maximum atomic E-state index is 11.9. The van der Waals surface area contributed by atoms with Gasteiger partial charge >= 0.3 is 0 Å². The maximum absolute atomic E-state index is 11.9. The average Bonchev–Trinajstić information content (AvgIpc) is 1.97. The summed E-state index contributed by atoms with van der Waals surface area (Å²) in [6.45, 7) is 12.9. The third-order valence-electron chi connectivity index (χ3n) is 3.19. The Balaban J connectivity index is 2.79. The second-order valence-corrected chi connectivity index (χ2v) is 5.34. The van der Waals surface area contributed by atoms with E-state index in [-0.39, 0.29) is 5.92 Å². The number of carbonyl (C=O) groups excluding carboxylic acids is 1. The van der Waals surface area contributed by atoms with E-state index >= 15 is 0 Å². The SMILES string of the molecule is CC(C)C1C(=O)N(C(C)C)C1C(C)C. The van der Waals surface area contributed by atoms with Gasteiger partial charge in [-0.05, 0) is 25.7 Å². The summed E-state index contributed by atoms with van der Waals surface area (Å²) in [5, 5.41) is 0. The minimum atomic E-state index is 0.261. The van der Waals surface area contributed by atoms with Gasteiger partial charge in [-0.15, -0.1) is 0 Å². The first kappa shape index (κ1) is 11.5. The Labute approximate surface area is 87.7 Å². The number of likely N-dealkylation sites (tertiary alicyclic amines) is 1. The van der Waals surface area contributed by atoms with Crippen LogP contribution in [0, 0.1) is 17.8 Å². The molecule has 1 rings (SSSR count). The second-order valence-electron chi connectivity index (χ2n) is 5.34. The van der Waals surface area contributed by atoms with Crippen molar-refractivity contribution >= 4 is 5.91 Å². The van der Waals surface area contributed by atoms with Crippen molar-refractivity contribution in [3.8, 4) is 0 Å². The van der Waals surface area contributed by atoms with Crippen LogP contribution in [0.15, 0.2) is 0 Å². The van der Waals surface area contributed by atoms with E-state index in [9.17, 15) is 4.79 Å². The van der Waals surface area contributed by atoms with Crippen LogP contribution in [-0.2, 0) is 4.79 Å². The van der Waals surface area contributed by atoms with Gasteiger partial charge in [0.05, 0.1) is 5.92 Å². The molecule has 1 heterocycles. The second kappa shape index (κ2) is 3.92. The molecule has 2 nitrogen and oxygen atoms in total. The minimum Gasteiger partial charge on any atom is -0.336 e. The van der Waals surface area contributed by atoms with E-state index in [0.717, 1.165) is 0 Å². The highest BCUT2D eigenvalue weighted by molar-refractivity contribution is 5.86. The van der Waals surface area contributed by atoms with E-state index in [1.54, 1.807) is 0 Å². The number of amides is 1. The van der Waals surface area contributed by atoms with Crippen LogP contribution in [0.25, 0.3) is 0 Å². The molecule has 2 atom stereocenters. The molecule has 0 bridgehead atoms. The molecular formula is C12H23NO. The Bertz CT molecular complexity index is 202. The lowest BCUT2D eigenvalue weighted by Gasteiger charge is -2.53. The lowest BCUT2D eigenvalue weighted by atomic mass is 9.73. The van der Waals surface area contributed by atoms with Gasteiger partial charge in [-0.2, -0.15) is 0 Å². The summed E-state index contributed by atoms with van der Waals surface area (Å²) in [7, 11) is 0. The smallest absolute Gasteiger partial charge is 0.228 e. The number of β-lactam (4-membered cyclic amide) rings is 1. The first-order chi connectivity index (χ1) is 6.37. The zero-order valence-corrected chi connectivity index (χ0v) is 10.2. The van der Waals surface area contributed by atoms with E-state index in [1.807, 2.05) is 0 Å². The Hall–Kier alpha value is -0.530. The number of hydrogen-bond donors (Lipinski definition) is 0. The Morgan fingerprint density at radius 3 is 1.79 bits per heavy atom. The number of hydrogen-bond acceptors (Lipinski definition) is 1. The molecule has 1 aliphatic heterocycles. The molecule has 2 unspecified atom stereocenters. The molecule has 0 aromatic carbocycles. The monoisotopic (exact) mass is 197 g/mol. The van der Waals surface area contributed by atoms with E-state index < -0.39 is 0 Å². The van der Waals surface area contributed by atoms with Crippen molar-refractivity contribution in [2.45, 2.75) is 53.6 Å². The van der Waals surface area contributed by atoms with Gasteiger partial charge in [0.2, 0.25) is 5.91 Å². The molecule has 82 valence electrons. The van der Waals surface area contributed by atoms with Gasteiger partial charge < -0.3 is 4.90 Å². The van der Waals surface area contributed by atoms with E-state index in [4.69, 9.17) is 0 Å². The van der Waals surface area contributed by atoms with Gasteiger partial charge in [0.25, 0.3) is 0 Å². The van der Waals surface area contributed by atoms with Gasteiger partial charge in [-0.25, -0.2) is 0 Å². The number of rotatable bonds is 3. The van der Waals surface area contributed by atoms with Crippen LogP contribution >= 0.6 is 0 Å². The normalized spacial score (nSPS) is 27.8. The van der Waals surface area contributed by atoms with Gasteiger partial charge in [-0.3, -0.25) is 4.79 Å². The predicted molar refractivity (Wildman–Crippen MR) is 58.9 cm³/mol. The van der Waals surface area contributed by atoms with Crippen molar-refractivity contribution in [3.63, 3.8) is 0 Å². The van der Waals surface area contributed by atoms with Gasteiger partial charge in [-0.1, -0.05) is 27.7 Å². The highest BCUT2D eigenvalue weighted by Crippen LogP contribution is 2.38. The van der Waals surface area contributed by atoms with Crippen LogP contribution < -0.4 is 0 Å². The van der Waals surface area contributed by atoms with E-state index in [0.29, 0.717) is 29.8 Å². The fraction of sp³-hybridized carbons (Fsp3) is 0.917. The molecular weight excluding hydrogens is 174 g/mol. The van der Waals surface area contributed by atoms with Crippen LogP contribution in [0.5, 0.6) is 0 Å². The zero-order chi connectivity index (χ0) is 11.0. The molecule has 0 aromatic rings. The molecule has 0 saturated carbocycles.